The Morgan fingerprint density at radius 3 is 2.17 bits per heavy atom. The van der Waals surface area contributed by atoms with Gasteiger partial charge in [0, 0.05) is 38.4 Å². The van der Waals surface area contributed by atoms with Crippen LogP contribution >= 0.6 is 0 Å². The van der Waals surface area contributed by atoms with Gasteiger partial charge in [0.2, 0.25) is 0 Å². The summed E-state index contributed by atoms with van der Waals surface area (Å²) in [5.41, 5.74) is 5.33. The molecule has 0 unspecified atom stereocenters. The number of nitrogens with zero attached hydrogens (tertiary/aromatic N) is 2. The number of rotatable bonds is 5. The molecular weight excluding hydrogens is 284 g/mol. The van der Waals surface area contributed by atoms with Crippen molar-refractivity contribution < 1.29 is 4.79 Å². The Balaban J connectivity index is 2.17. The van der Waals surface area contributed by atoms with Crippen LogP contribution in [0.2, 0.25) is 0 Å². The van der Waals surface area contributed by atoms with Crippen LogP contribution in [0, 0.1) is 13.8 Å². The second kappa shape index (κ2) is 7.32. The zero-order valence-corrected chi connectivity index (χ0v) is 14.8. The molecule has 0 N–H and O–H groups in total. The Morgan fingerprint density at radius 1 is 1.00 bits per heavy atom. The van der Waals surface area contributed by atoms with E-state index in [4.69, 9.17) is 0 Å². The van der Waals surface area contributed by atoms with Crippen LogP contribution in [0.4, 0.5) is 5.69 Å². The van der Waals surface area contributed by atoms with Gasteiger partial charge in [-0.1, -0.05) is 29.8 Å². The van der Waals surface area contributed by atoms with Gasteiger partial charge in [-0.3, -0.25) is 4.79 Å². The van der Waals surface area contributed by atoms with Gasteiger partial charge in [-0.25, -0.2) is 0 Å². The van der Waals surface area contributed by atoms with Crippen LogP contribution in [-0.4, -0.2) is 31.4 Å². The Morgan fingerprint density at radius 2 is 1.65 bits per heavy atom. The van der Waals surface area contributed by atoms with Crippen molar-refractivity contribution in [2.45, 2.75) is 27.3 Å². The van der Waals surface area contributed by atoms with E-state index in [2.05, 4.69) is 35.2 Å². The predicted molar refractivity (Wildman–Crippen MR) is 97.1 cm³/mol. The summed E-state index contributed by atoms with van der Waals surface area (Å²) in [4.78, 5) is 16.8. The van der Waals surface area contributed by atoms with Crippen molar-refractivity contribution in [3.8, 4) is 0 Å². The minimum atomic E-state index is 0.0988. The van der Waals surface area contributed by atoms with E-state index < -0.39 is 0 Å². The molecule has 0 spiro atoms. The van der Waals surface area contributed by atoms with Crippen molar-refractivity contribution in [3.05, 3.63) is 64.7 Å². The maximum absolute atomic E-state index is 12.8. The summed E-state index contributed by atoms with van der Waals surface area (Å²) in [6.07, 6.45) is 0. The first kappa shape index (κ1) is 17.1. The fourth-order valence-corrected chi connectivity index (χ4v) is 2.67. The molecule has 3 nitrogen and oxygen atoms in total. The molecule has 23 heavy (non-hydrogen) atoms. The van der Waals surface area contributed by atoms with Gasteiger partial charge in [0.25, 0.3) is 5.91 Å². The number of benzene rings is 2. The molecule has 0 aliphatic heterocycles. The lowest BCUT2D eigenvalue weighted by atomic mass is 10.0. The van der Waals surface area contributed by atoms with Gasteiger partial charge >= 0.3 is 0 Å². The largest absolute Gasteiger partial charge is 0.378 e. The summed E-state index contributed by atoms with van der Waals surface area (Å²) < 4.78 is 0. The maximum Gasteiger partial charge on any atom is 0.254 e. The molecule has 0 bridgehead atoms. The van der Waals surface area contributed by atoms with Crippen molar-refractivity contribution in [3.63, 3.8) is 0 Å². The summed E-state index contributed by atoms with van der Waals surface area (Å²) in [5.74, 6) is 0.0988. The lowest BCUT2D eigenvalue weighted by Gasteiger charge is -2.22. The van der Waals surface area contributed by atoms with E-state index in [1.165, 1.54) is 5.56 Å². The van der Waals surface area contributed by atoms with Gasteiger partial charge in [0.15, 0.2) is 0 Å². The fourth-order valence-electron chi connectivity index (χ4n) is 2.67. The highest BCUT2D eigenvalue weighted by atomic mass is 16.2. The molecule has 3 heteroatoms. The van der Waals surface area contributed by atoms with Gasteiger partial charge in [-0.15, -0.1) is 0 Å². The quantitative estimate of drug-likeness (QED) is 0.832. The average Bonchev–Trinajstić information content (AvgIpc) is 2.52. The van der Waals surface area contributed by atoms with Gasteiger partial charge in [0.1, 0.15) is 0 Å². The van der Waals surface area contributed by atoms with Crippen LogP contribution < -0.4 is 4.90 Å². The third kappa shape index (κ3) is 4.13. The normalized spacial score (nSPS) is 10.5. The van der Waals surface area contributed by atoms with Gasteiger partial charge in [0.05, 0.1) is 0 Å². The average molecular weight is 310 g/mol. The first-order valence-electron chi connectivity index (χ1n) is 8.05. The Labute approximate surface area is 139 Å². The van der Waals surface area contributed by atoms with Gasteiger partial charge in [-0.05, 0) is 50.1 Å². The zero-order chi connectivity index (χ0) is 17.0. The van der Waals surface area contributed by atoms with Crippen LogP contribution in [0.25, 0.3) is 0 Å². The second-order valence-electron chi connectivity index (χ2n) is 6.20. The molecule has 1 amide bonds. The van der Waals surface area contributed by atoms with E-state index in [1.807, 2.05) is 51.9 Å². The molecule has 0 heterocycles. The molecule has 2 aromatic rings. The molecule has 0 aromatic heterocycles. The van der Waals surface area contributed by atoms with Gasteiger partial charge in [-0.2, -0.15) is 0 Å². The smallest absolute Gasteiger partial charge is 0.254 e. The Hall–Kier alpha value is -2.29. The molecule has 2 rings (SSSR count). The first-order chi connectivity index (χ1) is 10.9. The van der Waals surface area contributed by atoms with Crippen molar-refractivity contribution in [1.82, 2.24) is 4.90 Å². The highest BCUT2D eigenvalue weighted by Crippen LogP contribution is 2.17. The van der Waals surface area contributed by atoms with Gasteiger partial charge < -0.3 is 9.80 Å². The number of carbonyl (C=O) groups is 1. The van der Waals surface area contributed by atoms with Crippen molar-refractivity contribution >= 4 is 11.6 Å². The lowest BCUT2D eigenvalue weighted by Crippen LogP contribution is -2.30. The first-order valence-corrected chi connectivity index (χ1v) is 8.05. The summed E-state index contributed by atoms with van der Waals surface area (Å²) in [6.45, 7) is 7.40. The maximum atomic E-state index is 12.8. The van der Waals surface area contributed by atoms with E-state index >= 15 is 0 Å². The highest BCUT2D eigenvalue weighted by molar-refractivity contribution is 5.95. The Kier molecular flexibility index (Phi) is 5.43. The fraction of sp³-hybridized carbons (Fsp3) is 0.350. The van der Waals surface area contributed by atoms with Crippen molar-refractivity contribution in [1.29, 1.82) is 0 Å². The zero-order valence-electron chi connectivity index (χ0n) is 14.8. The van der Waals surface area contributed by atoms with Crippen LogP contribution in [0.1, 0.15) is 34.0 Å². The Bertz CT molecular complexity index is 675. The third-order valence-corrected chi connectivity index (χ3v) is 4.11. The molecule has 2 aromatic carbocycles. The monoisotopic (exact) mass is 310 g/mol. The van der Waals surface area contributed by atoms with Crippen LogP contribution in [0.3, 0.4) is 0 Å². The van der Waals surface area contributed by atoms with E-state index in [1.54, 1.807) is 0 Å². The van der Waals surface area contributed by atoms with E-state index in [9.17, 15) is 4.79 Å². The molecule has 0 fully saturated rings. The summed E-state index contributed by atoms with van der Waals surface area (Å²) in [7, 11) is 4.05. The minimum absolute atomic E-state index is 0.0988. The minimum Gasteiger partial charge on any atom is -0.378 e. The second-order valence-corrected chi connectivity index (χ2v) is 6.20. The number of amides is 1. The predicted octanol–water partition coefficient (Wildman–Crippen LogP) is 4.03. The summed E-state index contributed by atoms with van der Waals surface area (Å²) in [5, 5.41) is 0. The number of anilines is 1. The van der Waals surface area contributed by atoms with E-state index in [-0.39, 0.29) is 5.91 Å². The molecule has 0 aliphatic carbocycles. The number of aryl methyl sites for hydroxylation is 2. The number of hydrogen-bond donors (Lipinski definition) is 0. The van der Waals surface area contributed by atoms with Crippen LogP contribution in [-0.2, 0) is 6.54 Å². The molecule has 0 saturated carbocycles. The molecule has 122 valence electrons. The molecular formula is C20H26N2O. The third-order valence-electron chi connectivity index (χ3n) is 4.11. The summed E-state index contributed by atoms with van der Waals surface area (Å²) in [6, 6.07) is 14.4. The molecule has 0 saturated heterocycles. The molecule has 0 radical (unpaired) electrons. The SMILES string of the molecule is CCN(Cc1ccc(N(C)C)cc1)C(=O)c1ccc(C)cc1C. The standard InChI is InChI=1S/C20H26N2O/c1-6-22(14-17-8-10-18(11-9-17)21(4)5)20(23)19-12-7-15(2)13-16(19)3/h7-13H,6,14H2,1-5H3. The molecule has 0 aliphatic rings. The van der Waals surface area contributed by atoms with E-state index in [0.29, 0.717) is 13.1 Å². The van der Waals surface area contributed by atoms with Crippen LogP contribution in [0.5, 0.6) is 0 Å². The van der Waals surface area contributed by atoms with Crippen molar-refractivity contribution in [2.75, 3.05) is 25.5 Å². The van der Waals surface area contributed by atoms with Crippen LogP contribution in [0.15, 0.2) is 42.5 Å². The molecule has 0 atom stereocenters. The van der Waals surface area contributed by atoms with E-state index in [0.717, 1.165) is 22.4 Å². The lowest BCUT2D eigenvalue weighted by molar-refractivity contribution is 0.0752. The summed E-state index contributed by atoms with van der Waals surface area (Å²) >= 11 is 0. The van der Waals surface area contributed by atoms with Crippen molar-refractivity contribution in [2.24, 2.45) is 0 Å². The highest BCUT2D eigenvalue weighted by Gasteiger charge is 2.16. The topological polar surface area (TPSA) is 23.6 Å². The number of carbonyl (C=O) groups excluding carboxylic acids is 1. The number of hydrogen-bond acceptors (Lipinski definition) is 2.